The van der Waals surface area contributed by atoms with Crippen LogP contribution in [0.1, 0.15) is 0 Å². The Kier molecular flexibility index (Phi) is 6.46. The highest BCUT2D eigenvalue weighted by Crippen LogP contribution is 2.49. The Morgan fingerprint density at radius 2 is 0.760 bits per heavy atom. The summed E-state index contributed by atoms with van der Waals surface area (Å²) in [4.78, 5) is 19.4. The van der Waals surface area contributed by atoms with Crippen LogP contribution in [-0.4, -0.2) is 19.9 Å². The summed E-state index contributed by atoms with van der Waals surface area (Å²) in [6.45, 7) is 0. The lowest BCUT2D eigenvalue weighted by Gasteiger charge is -2.11. The van der Waals surface area contributed by atoms with Gasteiger partial charge in [-0.15, -0.1) is 0 Å². The van der Waals surface area contributed by atoms with Gasteiger partial charge in [-0.1, -0.05) is 158 Å². The number of nitrogens with zero attached hydrogens (tertiary/aromatic N) is 4. The molecule has 0 bridgehead atoms. The summed E-state index contributed by atoms with van der Waals surface area (Å²) in [5, 5.41) is 4.89. The molecular formula is C46H28N4. The summed E-state index contributed by atoms with van der Waals surface area (Å²) in [6.07, 6.45) is 3.83. The minimum absolute atomic E-state index is 0.632. The lowest BCUT2D eigenvalue weighted by atomic mass is 9.94. The zero-order valence-corrected chi connectivity index (χ0v) is 27.0. The van der Waals surface area contributed by atoms with Crippen molar-refractivity contribution in [2.24, 2.45) is 0 Å². The summed E-state index contributed by atoms with van der Waals surface area (Å²) in [5.74, 6) is 1.91. The molecule has 0 aliphatic heterocycles. The van der Waals surface area contributed by atoms with E-state index in [1.165, 1.54) is 44.0 Å². The Morgan fingerprint density at radius 3 is 1.44 bits per heavy atom. The monoisotopic (exact) mass is 636 g/mol. The van der Waals surface area contributed by atoms with Crippen LogP contribution in [0.3, 0.4) is 0 Å². The molecule has 4 nitrogen and oxygen atoms in total. The number of benzene rings is 7. The van der Waals surface area contributed by atoms with Crippen molar-refractivity contribution in [2.45, 2.75) is 0 Å². The highest BCUT2D eigenvalue weighted by Gasteiger charge is 2.22. The highest BCUT2D eigenvalue weighted by molar-refractivity contribution is 6.18. The number of hydrogen-bond donors (Lipinski definition) is 0. The lowest BCUT2D eigenvalue weighted by Crippen LogP contribution is -2.00. The van der Waals surface area contributed by atoms with E-state index in [0.29, 0.717) is 17.5 Å². The predicted octanol–water partition coefficient (Wildman–Crippen LogP) is 11.6. The summed E-state index contributed by atoms with van der Waals surface area (Å²) in [5.41, 5.74) is 12.6. The fourth-order valence-corrected chi connectivity index (χ4v) is 7.35. The van der Waals surface area contributed by atoms with Crippen molar-refractivity contribution in [3.8, 4) is 78.7 Å². The van der Waals surface area contributed by atoms with E-state index in [9.17, 15) is 0 Å². The van der Waals surface area contributed by atoms with Crippen LogP contribution in [0.25, 0.3) is 100 Å². The van der Waals surface area contributed by atoms with Crippen molar-refractivity contribution in [1.29, 1.82) is 0 Å². The summed E-state index contributed by atoms with van der Waals surface area (Å²) >= 11 is 0. The molecule has 2 heterocycles. The summed E-state index contributed by atoms with van der Waals surface area (Å²) in [7, 11) is 0. The summed E-state index contributed by atoms with van der Waals surface area (Å²) in [6, 6.07) is 55.3. The van der Waals surface area contributed by atoms with Crippen LogP contribution in [0.2, 0.25) is 0 Å². The molecule has 1 aliphatic carbocycles. The summed E-state index contributed by atoms with van der Waals surface area (Å²) < 4.78 is 0. The second-order valence-electron chi connectivity index (χ2n) is 12.7. The molecule has 7 aromatic carbocycles. The van der Waals surface area contributed by atoms with Gasteiger partial charge in [0.15, 0.2) is 17.5 Å². The van der Waals surface area contributed by atoms with E-state index in [1.807, 2.05) is 48.8 Å². The molecule has 10 rings (SSSR count). The zero-order valence-electron chi connectivity index (χ0n) is 27.0. The molecule has 0 radical (unpaired) electrons. The molecule has 1 aliphatic rings. The Balaban J connectivity index is 1.04. The molecular weight excluding hydrogens is 609 g/mol. The first-order valence-electron chi connectivity index (χ1n) is 16.8. The number of rotatable bonds is 5. The molecule has 0 spiro atoms. The average Bonchev–Trinajstić information content (AvgIpc) is 3.53. The molecule has 0 saturated heterocycles. The third kappa shape index (κ3) is 4.61. The van der Waals surface area contributed by atoms with Crippen LogP contribution in [0.4, 0.5) is 0 Å². The van der Waals surface area contributed by atoms with Crippen LogP contribution in [-0.2, 0) is 0 Å². The maximum Gasteiger partial charge on any atom is 0.164 e. The zero-order chi connectivity index (χ0) is 33.0. The molecule has 0 saturated carbocycles. The maximum atomic E-state index is 5.02. The van der Waals surface area contributed by atoms with Crippen LogP contribution in [0.5, 0.6) is 0 Å². The van der Waals surface area contributed by atoms with Crippen LogP contribution < -0.4 is 0 Å². The molecule has 0 unspecified atom stereocenters. The van der Waals surface area contributed by atoms with Crippen molar-refractivity contribution in [2.75, 3.05) is 0 Å². The first-order chi connectivity index (χ1) is 24.8. The first-order valence-corrected chi connectivity index (χ1v) is 16.8. The molecule has 0 amide bonds. The Bertz CT molecular complexity index is 2700. The van der Waals surface area contributed by atoms with Gasteiger partial charge < -0.3 is 0 Å². The van der Waals surface area contributed by atoms with Crippen molar-refractivity contribution >= 4 is 21.5 Å². The van der Waals surface area contributed by atoms with Crippen molar-refractivity contribution in [1.82, 2.24) is 19.9 Å². The van der Waals surface area contributed by atoms with Gasteiger partial charge in [0.2, 0.25) is 0 Å². The smallest absolute Gasteiger partial charge is 0.164 e. The van der Waals surface area contributed by atoms with Gasteiger partial charge in [-0.25, -0.2) is 15.0 Å². The molecule has 2 aromatic heterocycles. The fourth-order valence-electron chi connectivity index (χ4n) is 7.35. The Labute approximate surface area is 289 Å². The van der Waals surface area contributed by atoms with Crippen LogP contribution in [0, 0.1) is 0 Å². The van der Waals surface area contributed by atoms with Gasteiger partial charge in [0.25, 0.3) is 0 Å². The van der Waals surface area contributed by atoms with E-state index in [4.69, 9.17) is 15.0 Å². The molecule has 0 N–H and O–H groups in total. The minimum atomic E-state index is 0.632. The van der Waals surface area contributed by atoms with Crippen molar-refractivity contribution in [3.63, 3.8) is 0 Å². The van der Waals surface area contributed by atoms with E-state index in [2.05, 4.69) is 126 Å². The SMILES string of the molecule is c1ccc(-c2nc(-c3ccc(-c4cncc5ccccc45)cc3)nc(-c3ccc(-c4ccc5c6c(cccc46)-c4ccccc4-5)cc3)n2)cc1. The third-order valence-corrected chi connectivity index (χ3v) is 9.79. The molecule has 9 aromatic rings. The maximum absolute atomic E-state index is 5.02. The quantitative estimate of drug-likeness (QED) is 0.189. The number of fused-ring (bicyclic) bond motifs is 4. The van der Waals surface area contributed by atoms with Crippen LogP contribution in [0.15, 0.2) is 170 Å². The van der Waals surface area contributed by atoms with Gasteiger partial charge in [-0.05, 0) is 55.1 Å². The third-order valence-electron chi connectivity index (χ3n) is 9.79. The standard InChI is InChI=1S/C46H28N4/c1-2-9-31(10-3-1)44-48-45(50-46(49-44)33-23-19-30(20-24-33)42-28-47-27-34-11-4-5-12-35(34)42)32-21-17-29(18-22-32)36-25-26-41-38-14-7-6-13-37(38)40-16-8-15-39(36)43(40)41/h1-28H. The van der Waals surface area contributed by atoms with E-state index in [1.54, 1.807) is 0 Å². The van der Waals surface area contributed by atoms with Gasteiger partial charge in [-0.3, -0.25) is 4.98 Å². The van der Waals surface area contributed by atoms with E-state index < -0.39 is 0 Å². The van der Waals surface area contributed by atoms with E-state index in [0.717, 1.165) is 38.8 Å². The fraction of sp³-hybridized carbons (Fsp3) is 0. The topological polar surface area (TPSA) is 51.6 Å². The second-order valence-corrected chi connectivity index (χ2v) is 12.7. The first kappa shape index (κ1) is 28.3. The van der Waals surface area contributed by atoms with Gasteiger partial charge in [-0.2, -0.15) is 0 Å². The largest absolute Gasteiger partial charge is 0.263 e. The molecule has 232 valence electrons. The molecule has 0 fully saturated rings. The highest BCUT2D eigenvalue weighted by atomic mass is 15.0. The Hall–Kier alpha value is -6.78. The number of pyridine rings is 1. The van der Waals surface area contributed by atoms with Gasteiger partial charge in [0.1, 0.15) is 0 Å². The Morgan fingerprint density at radius 1 is 0.280 bits per heavy atom. The second kappa shape index (κ2) is 11.4. The van der Waals surface area contributed by atoms with Gasteiger partial charge in [0, 0.05) is 40.0 Å². The predicted molar refractivity (Wildman–Crippen MR) is 204 cm³/mol. The normalized spacial score (nSPS) is 11.6. The number of hydrogen-bond acceptors (Lipinski definition) is 4. The van der Waals surface area contributed by atoms with Gasteiger partial charge in [0.05, 0.1) is 0 Å². The lowest BCUT2D eigenvalue weighted by molar-refractivity contribution is 1.07. The molecule has 50 heavy (non-hydrogen) atoms. The number of aromatic nitrogens is 4. The van der Waals surface area contributed by atoms with Crippen molar-refractivity contribution < 1.29 is 0 Å². The molecule has 0 atom stereocenters. The van der Waals surface area contributed by atoms with E-state index >= 15 is 0 Å². The van der Waals surface area contributed by atoms with Gasteiger partial charge >= 0.3 is 0 Å². The molecule has 4 heteroatoms. The average molecular weight is 637 g/mol. The van der Waals surface area contributed by atoms with Crippen LogP contribution >= 0.6 is 0 Å². The van der Waals surface area contributed by atoms with Crippen molar-refractivity contribution in [3.05, 3.63) is 170 Å². The van der Waals surface area contributed by atoms with E-state index in [-0.39, 0.29) is 0 Å². The minimum Gasteiger partial charge on any atom is -0.263 e.